The van der Waals surface area contributed by atoms with Gasteiger partial charge in [0.1, 0.15) is 5.15 Å². The summed E-state index contributed by atoms with van der Waals surface area (Å²) in [5, 5.41) is 7.81. The van der Waals surface area contributed by atoms with Crippen LogP contribution in [0.15, 0.2) is 30.3 Å². The van der Waals surface area contributed by atoms with E-state index in [4.69, 9.17) is 11.6 Å². The predicted octanol–water partition coefficient (Wildman–Crippen LogP) is 4.28. The monoisotopic (exact) mass is 400 g/mol. The molecule has 7 heteroatoms. The summed E-state index contributed by atoms with van der Waals surface area (Å²) in [5.41, 5.74) is 2.97. The highest BCUT2D eigenvalue weighted by atomic mass is 35.5. The standard InChI is InChI=1S/C21H25ClN4O2/c1-14(2)13-26-21(22)18(15(3)24-26)9-10-19(27)23-16-6-4-7-17(12-16)25-11-5-8-20(25)28/h4,6-7,9-10,12,14H,5,8,11,13H2,1-3H3,(H,23,27)/b10-9+. The molecule has 1 N–H and O–H groups in total. The molecule has 1 aromatic carbocycles. The van der Waals surface area contributed by atoms with E-state index in [0.717, 1.165) is 29.9 Å². The first kappa shape index (κ1) is 20.1. The molecule has 0 unspecified atom stereocenters. The molecule has 0 spiro atoms. The van der Waals surface area contributed by atoms with Gasteiger partial charge >= 0.3 is 0 Å². The average Bonchev–Trinajstić information content (AvgIpc) is 3.17. The summed E-state index contributed by atoms with van der Waals surface area (Å²) >= 11 is 6.40. The van der Waals surface area contributed by atoms with E-state index in [0.29, 0.717) is 29.7 Å². The molecule has 2 amide bonds. The quantitative estimate of drug-likeness (QED) is 0.736. The van der Waals surface area contributed by atoms with Gasteiger partial charge in [-0.05, 0) is 43.5 Å². The number of rotatable bonds is 6. The molecule has 0 atom stereocenters. The Morgan fingerprint density at radius 3 is 2.86 bits per heavy atom. The number of benzene rings is 1. The van der Waals surface area contributed by atoms with Crippen molar-refractivity contribution in [1.82, 2.24) is 9.78 Å². The summed E-state index contributed by atoms with van der Waals surface area (Å²) in [6, 6.07) is 7.32. The summed E-state index contributed by atoms with van der Waals surface area (Å²) in [7, 11) is 0. The molecule has 0 saturated carbocycles. The molecule has 1 aromatic heterocycles. The first-order chi connectivity index (χ1) is 13.3. The summed E-state index contributed by atoms with van der Waals surface area (Å²) in [6.45, 7) is 7.51. The van der Waals surface area contributed by atoms with Crippen LogP contribution in [0.5, 0.6) is 0 Å². The second kappa shape index (κ2) is 8.61. The van der Waals surface area contributed by atoms with Crippen LogP contribution in [0.3, 0.4) is 0 Å². The minimum atomic E-state index is -0.267. The van der Waals surface area contributed by atoms with E-state index in [2.05, 4.69) is 24.3 Å². The lowest BCUT2D eigenvalue weighted by Gasteiger charge is -2.16. The van der Waals surface area contributed by atoms with Gasteiger partial charge in [0.05, 0.1) is 5.69 Å². The Labute approximate surface area is 170 Å². The van der Waals surface area contributed by atoms with Gasteiger partial charge < -0.3 is 10.2 Å². The third-order valence-corrected chi connectivity index (χ3v) is 4.95. The van der Waals surface area contributed by atoms with Gasteiger partial charge in [-0.2, -0.15) is 5.10 Å². The number of halogens is 1. The van der Waals surface area contributed by atoms with E-state index >= 15 is 0 Å². The van der Waals surface area contributed by atoms with Crippen LogP contribution in [0.4, 0.5) is 11.4 Å². The minimum absolute atomic E-state index is 0.117. The third kappa shape index (κ3) is 4.62. The minimum Gasteiger partial charge on any atom is -0.322 e. The molecular formula is C21H25ClN4O2. The number of anilines is 2. The lowest BCUT2D eigenvalue weighted by Crippen LogP contribution is -2.23. The number of hydrogen-bond acceptors (Lipinski definition) is 3. The van der Waals surface area contributed by atoms with E-state index in [9.17, 15) is 9.59 Å². The maximum atomic E-state index is 12.3. The van der Waals surface area contributed by atoms with Crippen molar-refractivity contribution in [3.05, 3.63) is 46.8 Å². The fourth-order valence-electron chi connectivity index (χ4n) is 3.24. The molecule has 2 aromatic rings. The second-order valence-corrected chi connectivity index (χ2v) is 7.75. The zero-order valence-corrected chi connectivity index (χ0v) is 17.2. The zero-order valence-electron chi connectivity index (χ0n) is 16.4. The van der Waals surface area contributed by atoms with Crippen LogP contribution in [-0.4, -0.2) is 28.1 Å². The Kier molecular flexibility index (Phi) is 6.19. The Bertz CT molecular complexity index is 917. The molecule has 1 aliphatic heterocycles. The Hall–Kier alpha value is -2.60. The molecule has 1 saturated heterocycles. The van der Waals surface area contributed by atoms with E-state index < -0.39 is 0 Å². The van der Waals surface area contributed by atoms with Gasteiger partial charge in [-0.25, -0.2) is 0 Å². The Morgan fingerprint density at radius 2 is 2.18 bits per heavy atom. The molecule has 1 fully saturated rings. The molecule has 0 aliphatic carbocycles. The molecule has 2 heterocycles. The van der Waals surface area contributed by atoms with Crippen molar-refractivity contribution in [2.24, 2.45) is 5.92 Å². The van der Waals surface area contributed by atoms with Crippen LogP contribution < -0.4 is 10.2 Å². The van der Waals surface area contributed by atoms with Gasteiger partial charge in [0.15, 0.2) is 0 Å². The summed E-state index contributed by atoms with van der Waals surface area (Å²) in [6.07, 6.45) is 4.57. The van der Waals surface area contributed by atoms with E-state index in [1.807, 2.05) is 25.1 Å². The first-order valence-electron chi connectivity index (χ1n) is 9.47. The number of nitrogens with zero attached hydrogens (tertiary/aromatic N) is 3. The lowest BCUT2D eigenvalue weighted by atomic mass is 10.2. The number of nitrogens with one attached hydrogen (secondary N) is 1. The number of carbonyl (C=O) groups is 2. The fraction of sp³-hybridized carbons (Fsp3) is 0.381. The zero-order chi connectivity index (χ0) is 20.3. The average molecular weight is 401 g/mol. The largest absolute Gasteiger partial charge is 0.322 e. The summed E-state index contributed by atoms with van der Waals surface area (Å²) < 4.78 is 1.76. The normalized spacial score (nSPS) is 14.5. The van der Waals surface area contributed by atoms with Crippen LogP contribution in [0.1, 0.15) is 37.9 Å². The Morgan fingerprint density at radius 1 is 1.39 bits per heavy atom. The number of aromatic nitrogens is 2. The number of hydrogen-bond donors (Lipinski definition) is 1. The van der Waals surface area contributed by atoms with Crippen LogP contribution in [0.25, 0.3) is 6.08 Å². The second-order valence-electron chi connectivity index (χ2n) is 7.39. The first-order valence-corrected chi connectivity index (χ1v) is 9.85. The van der Waals surface area contributed by atoms with Crippen LogP contribution in [0, 0.1) is 12.8 Å². The van der Waals surface area contributed by atoms with Gasteiger partial charge in [-0.1, -0.05) is 31.5 Å². The van der Waals surface area contributed by atoms with Crippen molar-refractivity contribution in [3.63, 3.8) is 0 Å². The van der Waals surface area contributed by atoms with Crippen molar-refractivity contribution in [3.8, 4) is 0 Å². The van der Waals surface area contributed by atoms with Gasteiger partial charge in [-0.15, -0.1) is 0 Å². The molecule has 0 bridgehead atoms. The van der Waals surface area contributed by atoms with Crippen molar-refractivity contribution in [2.75, 3.05) is 16.8 Å². The van der Waals surface area contributed by atoms with E-state index in [-0.39, 0.29) is 11.8 Å². The maximum Gasteiger partial charge on any atom is 0.248 e. The molecule has 148 valence electrons. The highest BCUT2D eigenvalue weighted by Gasteiger charge is 2.21. The lowest BCUT2D eigenvalue weighted by molar-refractivity contribution is -0.117. The van der Waals surface area contributed by atoms with Crippen LogP contribution >= 0.6 is 11.6 Å². The van der Waals surface area contributed by atoms with Crippen molar-refractivity contribution in [1.29, 1.82) is 0 Å². The molecule has 6 nitrogen and oxygen atoms in total. The molecule has 3 rings (SSSR count). The topological polar surface area (TPSA) is 67.2 Å². The van der Waals surface area contributed by atoms with Gasteiger partial charge in [0, 0.05) is 42.5 Å². The van der Waals surface area contributed by atoms with Crippen molar-refractivity contribution in [2.45, 2.75) is 40.2 Å². The van der Waals surface area contributed by atoms with Crippen LogP contribution in [-0.2, 0) is 16.1 Å². The smallest absolute Gasteiger partial charge is 0.248 e. The highest BCUT2D eigenvalue weighted by Crippen LogP contribution is 2.25. The molecule has 0 radical (unpaired) electrons. The third-order valence-electron chi connectivity index (χ3n) is 4.55. The summed E-state index contributed by atoms with van der Waals surface area (Å²) in [4.78, 5) is 26.0. The van der Waals surface area contributed by atoms with E-state index in [1.54, 1.807) is 21.7 Å². The molecule has 28 heavy (non-hydrogen) atoms. The SMILES string of the molecule is Cc1nn(CC(C)C)c(Cl)c1/C=C/C(=O)Nc1cccc(N2CCCC2=O)c1. The van der Waals surface area contributed by atoms with Crippen LogP contribution in [0.2, 0.25) is 5.15 Å². The summed E-state index contributed by atoms with van der Waals surface area (Å²) in [5.74, 6) is 0.274. The molecular weight excluding hydrogens is 376 g/mol. The van der Waals surface area contributed by atoms with Gasteiger partial charge in [0.25, 0.3) is 0 Å². The van der Waals surface area contributed by atoms with Gasteiger partial charge in [-0.3, -0.25) is 14.3 Å². The van der Waals surface area contributed by atoms with Gasteiger partial charge in [0.2, 0.25) is 11.8 Å². The molecule has 1 aliphatic rings. The number of carbonyl (C=O) groups excluding carboxylic acids is 2. The fourth-order valence-corrected chi connectivity index (χ4v) is 3.55. The van der Waals surface area contributed by atoms with E-state index in [1.165, 1.54) is 6.08 Å². The number of amides is 2. The Balaban J connectivity index is 1.69. The maximum absolute atomic E-state index is 12.3. The van der Waals surface area contributed by atoms with Crippen molar-refractivity contribution >= 4 is 40.9 Å². The highest BCUT2D eigenvalue weighted by molar-refractivity contribution is 6.31. The number of aryl methyl sites for hydroxylation is 1. The predicted molar refractivity (Wildman–Crippen MR) is 113 cm³/mol. The van der Waals surface area contributed by atoms with Crippen molar-refractivity contribution < 1.29 is 9.59 Å².